The number of amides is 2. The first-order valence-corrected chi connectivity index (χ1v) is 9.29. The summed E-state index contributed by atoms with van der Waals surface area (Å²) in [5.74, 6) is -0.0789. The molecular formula is C18H21FN6O4. The summed E-state index contributed by atoms with van der Waals surface area (Å²) in [6.07, 6.45) is 0.262. The molecule has 10 nitrogen and oxygen atoms in total. The van der Waals surface area contributed by atoms with Crippen LogP contribution < -0.4 is 20.0 Å². The molecule has 0 aliphatic carbocycles. The average molecular weight is 404 g/mol. The Kier molecular flexibility index (Phi) is 5.19. The van der Waals surface area contributed by atoms with Crippen molar-refractivity contribution in [2.24, 2.45) is 0 Å². The van der Waals surface area contributed by atoms with E-state index >= 15 is 0 Å². The lowest BCUT2D eigenvalue weighted by molar-refractivity contribution is -0.119. The molecule has 2 aliphatic rings. The first kappa shape index (κ1) is 19.0. The molecule has 2 saturated heterocycles. The van der Waals surface area contributed by atoms with Gasteiger partial charge in [-0.25, -0.2) is 9.18 Å². The lowest BCUT2D eigenvalue weighted by Crippen LogP contribution is -2.47. The second kappa shape index (κ2) is 7.94. The van der Waals surface area contributed by atoms with Gasteiger partial charge in [-0.15, -0.1) is 0 Å². The number of aromatic nitrogens is 2. The Balaban J connectivity index is 1.39. The molecule has 11 heteroatoms. The highest BCUT2D eigenvalue weighted by Gasteiger charge is 2.33. The number of hydrogen-bond donors (Lipinski definition) is 1. The zero-order chi connectivity index (χ0) is 20.4. The zero-order valence-corrected chi connectivity index (χ0v) is 15.9. The van der Waals surface area contributed by atoms with E-state index < -0.39 is 18.0 Å². The van der Waals surface area contributed by atoms with Crippen LogP contribution in [0.25, 0.3) is 0 Å². The number of ether oxygens (including phenoxy) is 1. The first-order valence-electron chi connectivity index (χ1n) is 9.29. The highest BCUT2D eigenvalue weighted by Crippen LogP contribution is 2.28. The summed E-state index contributed by atoms with van der Waals surface area (Å²) in [6, 6.07) is 4.71. The van der Waals surface area contributed by atoms with Gasteiger partial charge in [-0.2, -0.15) is 4.98 Å². The number of cyclic esters (lactones) is 1. The maximum atomic E-state index is 14.8. The van der Waals surface area contributed by atoms with E-state index in [0.29, 0.717) is 43.5 Å². The molecule has 2 aliphatic heterocycles. The van der Waals surface area contributed by atoms with Crippen LogP contribution in [0.1, 0.15) is 6.92 Å². The van der Waals surface area contributed by atoms with E-state index in [2.05, 4.69) is 15.5 Å². The highest BCUT2D eigenvalue weighted by molar-refractivity contribution is 5.90. The molecule has 0 bridgehead atoms. The molecule has 1 aromatic heterocycles. The summed E-state index contributed by atoms with van der Waals surface area (Å²) >= 11 is 0. The van der Waals surface area contributed by atoms with E-state index in [1.54, 1.807) is 12.1 Å². The Morgan fingerprint density at radius 1 is 1.28 bits per heavy atom. The van der Waals surface area contributed by atoms with Gasteiger partial charge in [0.2, 0.25) is 12.3 Å². The molecule has 0 spiro atoms. The smallest absolute Gasteiger partial charge is 0.414 e. The van der Waals surface area contributed by atoms with Gasteiger partial charge in [0.1, 0.15) is 11.9 Å². The standard InChI is InChI=1S/C18H21FN6O4/c1-12(26)20-9-14-10-25(18(27)29-14)13-2-3-16(15(19)8-13)23-4-6-24(7-5-23)17-21-11-28-22-17/h2-3,8,11,14H,4-7,9-10H2,1H3,(H,20,26)/t14-/m0/s1. The van der Waals surface area contributed by atoms with Gasteiger partial charge in [0.05, 0.1) is 24.5 Å². The molecular weight excluding hydrogens is 383 g/mol. The lowest BCUT2D eigenvalue weighted by Gasteiger charge is -2.35. The van der Waals surface area contributed by atoms with E-state index in [1.165, 1.54) is 24.3 Å². The highest BCUT2D eigenvalue weighted by atomic mass is 19.1. The predicted molar refractivity (Wildman–Crippen MR) is 101 cm³/mol. The molecule has 0 radical (unpaired) electrons. The molecule has 1 N–H and O–H groups in total. The average Bonchev–Trinajstić information content (AvgIpc) is 3.36. The van der Waals surface area contributed by atoms with Gasteiger partial charge in [0, 0.05) is 33.1 Å². The molecule has 29 heavy (non-hydrogen) atoms. The third kappa shape index (κ3) is 4.08. The first-order chi connectivity index (χ1) is 14.0. The van der Waals surface area contributed by atoms with Crippen LogP contribution in [0.5, 0.6) is 0 Å². The Labute approximate surface area is 166 Å². The second-order valence-corrected chi connectivity index (χ2v) is 6.89. The van der Waals surface area contributed by atoms with Crippen molar-refractivity contribution < 1.29 is 23.2 Å². The summed E-state index contributed by atoms with van der Waals surface area (Å²) < 4.78 is 24.8. The zero-order valence-electron chi connectivity index (χ0n) is 15.9. The molecule has 1 atom stereocenters. The SMILES string of the molecule is CC(=O)NC[C@H]1CN(c2ccc(N3CCN(c4ncon4)CC3)c(F)c2)C(=O)O1. The fraction of sp³-hybridized carbons (Fsp3) is 0.444. The maximum Gasteiger partial charge on any atom is 0.414 e. The van der Waals surface area contributed by atoms with Crippen LogP contribution in [-0.2, 0) is 9.53 Å². The van der Waals surface area contributed by atoms with E-state index in [1.807, 2.05) is 9.80 Å². The van der Waals surface area contributed by atoms with Crippen LogP contribution in [0.15, 0.2) is 29.1 Å². The van der Waals surface area contributed by atoms with Crippen molar-refractivity contribution in [2.45, 2.75) is 13.0 Å². The van der Waals surface area contributed by atoms with Crippen molar-refractivity contribution in [3.05, 3.63) is 30.4 Å². The van der Waals surface area contributed by atoms with Crippen LogP contribution in [-0.4, -0.2) is 67.5 Å². The van der Waals surface area contributed by atoms with Gasteiger partial charge < -0.3 is 24.4 Å². The van der Waals surface area contributed by atoms with Crippen LogP contribution in [0.2, 0.25) is 0 Å². The number of halogens is 1. The summed E-state index contributed by atoms with van der Waals surface area (Å²) in [6.45, 7) is 4.37. The Morgan fingerprint density at radius 3 is 2.69 bits per heavy atom. The van der Waals surface area contributed by atoms with Crippen molar-refractivity contribution in [3.63, 3.8) is 0 Å². The summed E-state index contributed by atoms with van der Waals surface area (Å²) in [5.41, 5.74) is 0.899. The summed E-state index contributed by atoms with van der Waals surface area (Å²) in [4.78, 5) is 32.4. The van der Waals surface area contributed by atoms with Crippen molar-refractivity contribution >= 4 is 29.3 Å². The minimum atomic E-state index is -0.554. The lowest BCUT2D eigenvalue weighted by atomic mass is 10.2. The third-order valence-electron chi connectivity index (χ3n) is 4.95. The van der Waals surface area contributed by atoms with E-state index in [9.17, 15) is 14.0 Å². The van der Waals surface area contributed by atoms with Gasteiger partial charge in [0.15, 0.2) is 0 Å². The minimum absolute atomic E-state index is 0.200. The van der Waals surface area contributed by atoms with Gasteiger partial charge in [-0.3, -0.25) is 9.69 Å². The van der Waals surface area contributed by atoms with Crippen molar-refractivity contribution in [1.29, 1.82) is 0 Å². The fourth-order valence-corrected chi connectivity index (χ4v) is 3.47. The molecule has 154 valence electrons. The molecule has 2 aromatic rings. The predicted octanol–water partition coefficient (Wildman–Crippen LogP) is 0.997. The minimum Gasteiger partial charge on any atom is -0.442 e. The van der Waals surface area contributed by atoms with Crippen molar-refractivity contribution in [2.75, 3.05) is 54.0 Å². The van der Waals surface area contributed by atoms with Gasteiger partial charge in [-0.05, 0) is 23.4 Å². The largest absolute Gasteiger partial charge is 0.442 e. The Morgan fingerprint density at radius 2 is 2.03 bits per heavy atom. The number of hydrogen-bond acceptors (Lipinski definition) is 8. The number of benzene rings is 1. The number of anilines is 3. The fourth-order valence-electron chi connectivity index (χ4n) is 3.47. The van der Waals surface area contributed by atoms with E-state index in [0.717, 1.165) is 0 Å². The van der Waals surface area contributed by atoms with Gasteiger partial charge in [0.25, 0.3) is 5.95 Å². The molecule has 3 heterocycles. The monoisotopic (exact) mass is 404 g/mol. The number of nitrogens with one attached hydrogen (secondary N) is 1. The second-order valence-electron chi connectivity index (χ2n) is 6.89. The van der Waals surface area contributed by atoms with E-state index in [4.69, 9.17) is 9.26 Å². The van der Waals surface area contributed by atoms with Crippen LogP contribution in [0.4, 0.5) is 26.5 Å². The Hall–Kier alpha value is -3.37. The summed E-state index contributed by atoms with van der Waals surface area (Å²) in [5, 5.41) is 6.44. The van der Waals surface area contributed by atoms with Crippen LogP contribution in [0.3, 0.4) is 0 Å². The molecule has 0 unspecified atom stereocenters. The van der Waals surface area contributed by atoms with Gasteiger partial charge >= 0.3 is 6.09 Å². The third-order valence-corrected chi connectivity index (χ3v) is 4.95. The number of carbonyl (C=O) groups is 2. The molecule has 1 aromatic carbocycles. The number of nitrogens with zero attached hydrogens (tertiary/aromatic N) is 5. The van der Waals surface area contributed by atoms with Crippen LogP contribution >= 0.6 is 0 Å². The molecule has 4 rings (SSSR count). The number of piperazine rings is 1. The normalized spacial score (nSPS) is 19.4. The molecule has 2 amide bonds. The molecule has 0 saturated carbocycles. The maximum absolute atomic E-state index is 14.8. The molecule has 2 fully saturated rings. The number of carbonyl (C=O) groups excluding carboxylic acids is 2. The number of rotatable bonds is 5. The van der Waals surface area contributed by atoms with Crippen LogP contribution in [0, 0.1) is 5.82 Å². The quantitative estimate of drug-likeness (QED) is 0.787. The van der Waals surface area contributed by atoms with Crippen molar-refractivity contribution in [1.82, 2.24) is 15.5 Å². The topological polar surface area (TPSA) is 104 Å². The Bertz CT molecular complexity index is 884. The van der Waals surface area contributed by atoms with Crippen molar-refractivity contribution in [3.8, 4) is 0 Å². The summed E-state index contributed by atoms with van der Waals surface area (Å²) in [7, 11) is 0. The van der Waals surface area contributed by atoms with Gasteiger partial charge in [-0.1, -0.05) is 0 Å². The van der Waals surface area contributed by atoms with E-state index in [-0.39, 0.29) is 19.0 Å².